The number of oxazole rings is 1. The van der Waals surface area contributed by atoms with E-state index in [-0.39, 0.29) is 25.9 Å². The van der Waals surface area contributed by atoms with E-state index in [1.54, 1.807) is 41.3 Å². The summed E-state index contributed by atoms with van der Waals surface area (Å²) in [4.78, 5) is 1.75. The van der Waals surface area contributed by atoms with E-state index in [1.807, 2.05) is 11.5 Å². The fraction of sp³-hybridized carbons (Fsp3) is 0.360. The van der Waals surface area contributed by atoms with E-state index in [1.165, 1.54) is 0 Å². The van der Waals surface area contributed by atoms with Gasteiger partial charge in [-0.25, -0.2) is 0 Å². The molecule has 4 rings (SSSR count). The van der Waals surface area contributed by atoms with Gasteiger partial charge in [0.15, 0.2) is 12.3 Å². The number of nitrogens with zero attached hydrogens (tertiary/aromatic N) is 2. The minimum atomic E-state index is -4.13. The Labute approximate surface area is 236 Å². The highest BCUT2D eigenvalue weighted by Crippen LogP contribution is 2.40. The lowest BCUT2D eigenvalue weighted by Gasteiger charge is -2.16. The highest BCUT2D eigenvalue weighted by molar-refractivity contribution is 7.86. The minimum Gasteiger partial charge on any atom is -0.432 e. The molecule has 2 aromatic carbocycles. The van der Waals surface area contributed by atoms with Gasteiger partial charge in [-0.3, -0.25) is 9.11 Å². The van der Waals surface area contributed by atoms with Crippen LogP contribution in [0.5, 0.6) is 5.75 Å². The van der Waals surface area contributed by atoms with Crippen LogP contribution in [-0.2, 0) is 33.2 Å². The predicted molar refractivity (Wildman–Crippen MR) is 147 cm³/mol. The number of aryl methyl sites for hydroxylation is 1. The molecule has 0 unspecified atom stereocenters. The maximum Gasteiger partial charge on any atom is 0.352 e. The number of allylic oxidation sites excluding steroid dienone is 1. The summed E-state index contributed by atoms with van der Waals surface area (Å²) in [5.41, 5.74) is 5.97. The summed E-state index contributed by atoms with van der Waals surface area (Å²) in [6.07, 6.45) is 1.16. The minimum absolute atomic E-state index is 0.138. The first kappa shape index (κ1) is 29.4. The molecular formula is C25H27Cl2N2O8S2+. The van der Waals surface area contributed by atoms with Crippen LogP contribution in [0.1, 0.15) is 32.1 Å². The summed E-state index contributed by atoms with van der Waals surface area (Å²) in [5, 5.41) is 0.966. The van der Waals surface area contributed by atoms with Crippen molar-refractivity contribution < 1.29 is 39.7 Å². The third-order valence-corrected chi connectivity index (χ3v) is 8.13. The highest BCUT2D eigenvalue weighted by Gasteiger charge is 2.28. The zero-order valence-corrected chi connectivity index (χ0v) is 24.1. The van der Waals surface area contributed by atoms with Crippen molar-refractivity contribution in [1.82, 2.24) is 0 Å². The Morgan fingerprint density at radius 2 is 1.67 bits per heavy atom. The Balaban J connectivity index is 1.71. The molecule has 0 fully saturated rings. The Kier molecular flexibility index (Phi) is 8.97. The average Bonchev–Trinajstić information content (AvgIpc) is 3.34. The third kappa shape index (κ3) is 7.76. The summed E-state index contributed by atoms with van der Waals surface area (Å²) in [6.45, 7) is 2.43. The van der Waals surface area contributed by atoms with Crippen molar-refractivity contribution in [2.75, 3.05) is 23.0 Å². The molecule has 210 valence electrons. The van der Waals surface area contributed by atoms with Crippen LogP contribution < -0.4 is 14.2 Å². The Morgan fingerprint density at radius 1 is 1.00 bits per heavy atom. The molecule has 39 heavy (non-hydrogen) atoms. The van der Waals surface area contributed by atoms with Crippen molar-refractivity contribution in [3.8, 4) is 5.75 Å². The summed E-state index contributed by atoms with van der Waals surface area (Å²) >= 11 is 12.4. The molecule has 0 amide bonds. The molecule has 2 N–H and O–H groups in total. The first-order valence-electron chi connectivity index (χ1n) is 12.1. The second-order valence-electron chi connectivity index (χ2n) is 8.97. The number of hydrogen-bond donors (Lipinski definition) is 2. The van der Waals surface area contributed by atoms with Gasteiger partial charge < -0.3 is 14.1 Å². The van der Waals surface area contributed by atoms with Gasteiger partial charge in [-0.15, -0.1) is 0 Å². The summed E-state index contributed by atoms with van der Waals surface area (Å²) in [7, 11) is -8.25. The zero-order valence-electron chi connectivity index (χ0n) is 20.9. The van der Waals surface area contributed by atoms with Gasteiger partial charge in [0.1, 0.15) is 0 Å². The average molecular weight is 619 g/mol. The largest absolute Gasteiger partial charge is 0.432 e. The van der Waals surface area contributed by atoms with Crippen molar-refractivity contribution in [2.24, 2.45) is 0 Å². The van der Waals surface area contributed by atoms with Crippen LogP contribution in [0.4, 0.5) is 5.69 Å². The van der Waals surface area contributed by atoms with Crippen LogP contribution in [0.3, 0.4) is 0 Å². The van der Waals surface area contributed by atoms with E-state index in [0.717, 1.165) is 5.57 Å². The Hall–Kier alpha value is -2.57. The molecule has 0 atom stereocenters. The maximum atomic E-state index is 11.3. The van der Waals surface area contributed by atoms with E-state index in [2.05, 4.69) is 5.73 Å². The lowest BCUT2D eigenvalue weighted by molar-refractivity contribution is -0.683. The zero-order chi connectivity index (χ0) is 28.4. The van der Waals surface area contributed by atoms with Crippen molar-refractivity contribution >= 4 is 60.2 Å². The Morgan fingerprint density at radius 3 is 2.36 bits per heavy atom. The van der Waals surface area contributed by atoms with E-state index >= 15 is 0 Å². The Bertz CT molecular complexity index is 1680. The number of ether oxygens (including phenoxy) is 1. The SMILES string of the molecule is CCC(=C=C1Oc2ccc(Cl)cc2N1CCCS(=O)(=O)O)Cc1oc2ccc(Cl)cc2[n+]1CCCS(=O)(=O)O. The van der Waals surface area contributed by atoms with Gasteiger partial charge in [0.2, 0.25) is 11.5 Å². The van der Waals surface area contributed by atoms with Crippen molar-refractivity contribution in [3.05, 3.63) is 69.5 Å². The van der Waals surface area contributed by atoms with E-state index in [0.29, 0.717) is 57.2 Å². The number of rotatable bonds is 11. The molecule has 1 aliphatic heterocycles. The summed E-state index contributed by atoms with van der Waals surface area (Å²) in [6, 6.07) is 10.2. The van der Waals surface area contributed by atoms with Gasteiger partial charge in [0.25, 0.3) is 25.8 Å². The van der Waals surface area contributed by atoms with E-state index < -0.39 is 31.7 Å². The van der Waals surface area contributed by atoms with Crippen molar-refractivity contribution in [3.63, 3.8) is 0 Å². The number of anilines is 1. The first-order chi connectivity index (χ1) is 18.3. The third-order valence-electron chi connectivity index (χ3n) is 6.05. The molecule has 1 aliphatic rings. The molecule has 10 nitrogen and oxygen atoms in total. The predicted octanol–water partition coefficient (Wildman–Crippen LogP) is 4.80. The molecule has 2 heterocycles. The van der Waals surface area contributed by atoms with Gasteiger partial charge in [-0.1, -0.05) is 35.9 Å². The monoisotopic (exact) mass is 617 g/mol. The van der Waals surface area contributed by atoms with Crippen LogP contribution in [0.25, 0.3) is 11.1 Å². The summed E-state index contributed by atoms with van der Waals surface area (Å²) < 4.78 is 77.3. The second-order valence-corrected chi connectivity index (χ2v) is 13.0. The number of aromatic nitrogens is 1. The standard InChI is InChI=1S/C25H26Cl2N2O8S2/c1-2-17(13-24-28(9-3-11-38(30,31)32)20-15-18(26)5-7-22(20)36-24)14-25-29(10-4-12-39(33,34)35)21-16-19(27)6-8-23(21)37-25/h5-8,15-16H,2-4,9-13H2,1H3,(H-,30,31,32,33,34,35)/p+1. The highest BCUT2D eigenvalue weighted by atomic mass is 35.5. The number of hydrogen-bond acceptors (Lipinski definition) is 7. The lowest BCUT2D eigenvalue weighted by atomic mass is 10.1. The second kappa shape index (κ2) is 11.9. The van der Waals surface area contributed by atoms with Gasteiger partial charge in [-0.2, -0.15) is 21.4 Å². The molecule has 0 radical (unpaired) electrons. The van der Waals surface area contributed by atoms with E-state index in [4.69, 9.17) is 41.5 Å². The molecule has 0 bridgehead atoms. The first-order valence-corrected chi connectivity index (χ1v) is 16.0. The van der Waals surface area contributed by atoms with Gasteiger partial charge in [-0.05, 0) is 48.7 Å². The molecule has 0 aliphatic carbocycles. The van der Waals surface area contributed by atoms with Crippen LogP contribution in [0, 0.1) is 0 Å². The maximum absolute atomic E-state index is 11.3. The molecular weight excluding hydrogens is 591 g/mol. The quantitative estimate of drug-likeness (QED) is 0.176. The van der Waals surface area contributed by atoms with Crippen LogP contribution in [0.15, 0.2) is 58.0 Å². The molecule has 0 saturated heterocycles. The van der Waals surface area contributed by atoms with Crippen molar-refractivity contribution in [1.29, 1.82) is 0 Å². The van der Waals surface area contributed by atoms with Crippen LogP contribution in [-0.4, -0.2) is 44.0 Å². The fourth-order valence-electron chi connectivity index (χ4n) is 4.25. The molecule has 14 heteroatoms. The van der Waals surface area contributed by atoms with Gasteiger partial charge >= 0.3 is 5.89 Å². The molecule has 0 spiro atoms. The smallest absolute Gasteiger partial charge is 0.352 e. The van der Waals surface area contributed by atoms with Crippen LogP contribution in [0.2, 0.25) is 10.0 Å². The molecule has 0 saturated carbocycles. The number of benzene rings is 2. The van der Waals surface area contributed by atoms with E-state index in [9.17, 15) is 16.8 Å². The summed E-state index contributed by atoms with van der Waals surface area (Å²) in [5.74, 6) is 0.589. The number of halogens is 2. The normalized spacial score (nSPS) is 13.5. The molecule has 3 aromatic rings. The lowest BCUT2D eigenvalue weighted by Crippen LogP contribution is -2.37. The van der Waals surface area contributed by atoms with Crippen molar-refractivity contribution in [2.45, 2.75) is 39.2 Å². The number of fused-ring (bicyclic) bond motifs is 2. The van der Waals surface area contributed by atoms with Crippen LogP contribution >= 0.6 is 23.2 Å². The van der Waals surface area contributed by atoms with Gasteiger partial charge in [0.05, 0.1) is 23.6 Å². The van der Waals surface area contributed by atoms with Gasteiger partial charge in [0, 0.05) is 29.1 Å². The fourth-order valence-corrected chi connectivity index (χ4v) is 5.57. The topological polar surface area (TPSA) is 138 Å². The molecule has 1 aromatic heterocycles.